The third-order valence-corrected chi connectivity index (χ3v) is 3.49. The Labute approximate surface area is 91.7 Å². The molecule has 2 nitrogen and oxygen atoms in total. The van der Waals surface area contributed by atoms with Crippen molar-refractivity contribution in [3.05, 3.63) is 35.4 Å². The SMILES string of the molecule is CCc1ccc(C(N)C2CC(N)C2)cc1. The van der Waals surface area contributed by atoms with E-state index in [4.69, 9.17) is 11.5 Å². The van der Waals surface area contributed by atoms with E-state index in [1.54, 1.807) is 0 Å². The van der Waals surface area contributed by atoms with E-state index >= 15 is 0 Å². The van der Waals surface area contributed by atoms with Crippen LogP contribution in [0.15, 0.2) is 24.3 Å². The van der Waals surface area contributed by atoms with Crippen LogP contribution in [0, 0.1) is 5.92 Å². The van der Waals surface area contributed by atoms with Gasteiger partial charge >= 0.3 is 0 Å². The standard InChI is InChI=1S/C13H20N2/c1-2-9-3-5-10(6-4-9)13(15)11-7-12(14)8-11/h3-6,11-13H,2,7-8,14-15H2,1H3. The van der Waals surface area contributed by atoms with Gasteiger partial charge in [0, 0.05) is 12.1 Å². The highest BCUT2D eigenvalue weighted by Crippen LogP contribution is 2.35. The van der Waals surface area contributed by atoms with Gasteiger partial charge in [-0.25, -0.2) is 0 Å². The summed E-state index contributed by atoms with van der Waals surface area (Å²) in [5, 5.41) is 0. The lowest BCUT2D eigenvalue weighted by atomic mass is 9.74. The number of rotatable bonds is 3. The number of aryl methyl sites for hydroxylation is 1. The minimum absolute atomic E-state index is 0.177. The predicted molar refractivity (Wildman–Crippen MR) is 63.4 cm³/mol. The molecule has 2 rings (SSSR count). The Hall–Kier alpha value is -0.860. The van der Waals surface area contributed by atoms with Gasteiger partial charge in [0.1, 0.15) is 0 Å². The predicted octanol–water partition coefficient (Wildman–Crippen LogP) is 1.99. The lowest BCUT2D eigenvalue weighted by Crippen LogP contribution is -2.41. The van der Waals surface area contributed by atoms with Gasteiger partial charge in [-0.05, 0) is 36.3 Å². The van der Waals surface area contributed by atoms with E-state index in [2.05, 4.69) is 31.2 Å². The van der Waals surface area contributed by atoms with E-state index in [1.807, 2.05) is 0 Å². The molecule has 1 aliphatic rings. The van der Waals surface area contributed by atoms with Crippen LogP contribution in [0.5, 0.6) is 0 Å². The molecule has 1 fully saturated rings. The van der Waals surface area contributed by atoms with E-state index in [9.17, 15) is 0 Å². The van der Waals surface area contributed by atoms with E-state index in [1.165, 1.54) is 11.1 Å². The molecule has 1 aromatic rings. The van der Waals surface area contributed by atoms with Gasteiger partial charge < -0.3 is 11.5 Å². The van der Waals surface area contributed by atoms with Crippen LogP contribution in [-0.4, -0.2) is 6.04 Å². The quantitative estimate of drug-likeness (QED) is 0.791. The lowest BCUT2D eigenvalue weighted by Gasteiger charge is -2.37. The Bertz CT molecular complexity index is 312. The van der Waals surface area contributed by atoms with Gasteiger partial charge in [0.15, 0.2) is 0 Å². The van der Waals surface area contributed by atoms with Crippen molar-refractivity contribution in [3.63, 3.8) is 0 Å². The van der Waals surface area contributed by atoms with Gasteiger partial charge in [-0.3, -0.25) is 0 Å². The first-order chi connectivity index (χ1) is 7.20. The van der Waals surface area contributed by atoms with E-state index in [-0.39, 0.29) is 6.04 Å². The van der Waals surface area contributed by atoms with Crippen molar-refractivity contribution >= 4 is 0 Å². The largest absolute Gasteiger partial charge is 0.328 e. The monoisotopic (exact) mass is 204 g/mol. The summed E-state index contributed by atoms with van der Waals surface area (Å²) < 4.78 is 0. The molecule has 1 unspecified atom stereocenters. The Morgan fingerprint density at radius 1 is 1.27 bits per heavy atom. The number of nitrogens with two attached hydrogens (primary N) is 2. The highest BCUT2D eigenvalue weighted by Gasteiger charge is 2.31. The minimum Gasteiger partial charge on any atom is -0.328 e. The maximum absolute atomic E-state index is 6.20. The summed E-state index contributed by atoms with van der Waals surface area (Å²) in [6.45, 7) is 2.17. The number of hydrogen-bond acceptors (Lipinski definition) is 2. The van der Waals surface area contributed by atoms with Gasteiger partial charge in [-0.15, -0.1) is 0 Å². The summed E-state index contributed by atoms with van der Waals surface area (Å²) in [6.07, 6.45) is 3.25. The third-order valence-electron chi connectivity index (χ3n) is 3.49. The molecule has 0 bridgehead atoms. The molecule has 0 heterocycles. The van der Waals surface area contributed by atoms with Gasteiger partial charge in [0.2, 0.25) is 0 Å². The van der Waals surface area contributed by atoms with Crippen molar-refractivity contribution in [2.75, 3.05) is 0 Å². The topological polar surface area (TPSA) is 52.0 Å². The normalized spacial score (nSPS) is 27.1. The molecular weight excluding hydrogens is 184 g/mol. The molecule has 0 saturated heterocycles. The van der Waals surface area contributed by atoms with Crippen molar-refractivity contribution in [1.82, 2.24) is 0 Å². The highest BCUT2D eigenvalue weighted by atomic mass is 14.7. The van der Waals surface area contributed by atoms with Crippen LogP contribution in [0.4, 0.5) is 0 Å². The molecule has 1 atom stereocenters. The van der Waals surface area contributed by atoms with Crippen LogP contribution < -0.4 is 11.5 Å². The van der Waals surface area contributed by atoms with Crippen LogP contribution >= 0.6 is 0 Å². The van der Waals surface area contributed by atoms with Gasteiger partial charge in [-0.1, -0.05) is 31.2 Å². The maximum Gasteiger partial charge on any atom is 0.0324 e. The summed E-state index contributed by atoms with van der Waals surface area (Å²) >= 11 is 0. The fourth-order valence-corrected chi connectivity index (χ4v) is 2.25. The first-order valence-corrected chi connectivity index (χ1v) is 5.80. The van der Waals surface area contributed by atoms with Crippen LogP contribution in [0.2, 0.25) is 0 Å². The first kappa shape index (κ1) is 10.7. The zero-order valence-electron chi connectivity index (χ0n) is 9.32. The molecule has 4 N–H and O–H groups in total. The van der Waals surface area contributed by atoms with Crippen molar-refractivity contribution in [1.29, 1.82) is 0 Å². The Kier molecular flexibility index (Phi) is 3.08. The molecule has 0 radical (unpaired) electrons. The van der Waals surface area contributed by atoms with E-state index < -0.39 is 0 Å². The smallest absolute Gasteiger partial charge is 0.0324 e. The fraction of sp³-hybridized carbons (Fsp3) is 0.538. The zero-order chi connectivity index (χ0) is 10.8. The average molecular weight is 204 g/mol. The van der Waals surface area contributed by atoms with Crippen LogP contribution in [-0.2, 0) is 6.42 Å². The Balaban J connectivity index is 2.02. The summed E-state index contributed by atoms with van der Waals surface area (Å²) in [7, 11) is 0. The van der Waals surface area contributed by atoms with E-state index in [0.717, 1.165) is 19.3 Å². The van der Waals surface area contributed by atoms with Crippen molar-refractivity contribution in [2.45, 2.75) is 38.3 Å². The molecular formula is C13H20N2. The lowest BCUT2D eigenvalue weighted by molar-refractivity contribution is 0.224. The molecule has 0 spiro atoms. The van der Waals surface area contributed by atoms with E-state index in [0.29, 0.717) is 12.0 Å². The second kappa shape index (κ2) is 4.33. The van der Waals surface area contributed by atoms with Crippen LogP contribution in [0.25, 0.3) is 0 Å². The molecule has 1 aliphatic carbocycles. The fourth-order valence-electron chi connectivity index (χ4n) is 2.25. The zero-order valence-corrected chi connectivity index (χ0v) is 9.32. The van der Waals surface area contributed by atoms with Crippen LogP contribution in [0.1, 0.15) is 36.9 Å². The van der Waals surface area contributed by atoms with Crippen molar-refractivity contribution < 1.29 is 0 Å². The first-order valence-electron chi connectivity index (χ1n) is 5.80. The second-order valence-corrected chi connectivity index (χ2v) is 4.61. The van der Waals surface area contributed by atoms with Gasteiger partial charge in [0.25, 0.3) is 0 Å². The molecule has 0 aromatic heterocycles. The second-order valence-electron chi connectivity index (χ2n) is 4.61. The minimum atomic E-state index is 0.177. The van der Waals surface area contributed by atoms with Crippen LogP contribution in [0.3, 0.4) is 0 Å². The molecule has 2 heteroatoms. The molecule has 1 saturated carbocycles. The number of benzene rings is 1. The molecule has 82 valence electrons. The molecule has 1 aromatic carbocycles. The highest BCUT2D eigenvalue weighted by molar-refractivity contribution is 5.25. The summed E-state index contributed by atoms with van der Waals surface area (Å²) in [5.74, 6) is 0.590. The molecule has 15 heavy (non-hydrogen) atoms. The average Bonchev–Trinajstić information content (AvgIpc) is 2.24. The summed E-state index contributed by atoms with van der Waals surface area (Å²) in [6, 6.07) is 9.23. The third kappa shape index (κ3) is 2.21. The van der Waals surface area contributed by atoms with Crippen molar-refractivity contribution in [2.24, 2.45) is 17.4 Å². The Morgan fingerprint density at radius 3 is 2.33 bits per heavy atom. The van der Waals surface area contributed by atoms with Gasteiger partial charge in [0.05, 0.1) is 0 Å². The number of hydrogen-bond donors (Lipinski definition) is 2. The Morgan fingerprint density at radius 2 is 1.87 bits per heavy atom. The maximum atomic E-state index is 6.20. The molecule has 0 amide bonds. The van der Waals surface area contributed by atoms with Crippen molar-refractivity contribution in [3.8, 4) is 0 Å². The molecule has 0 aliphatic heterocycles. The summed E-state index contributed by atoms with van der Waals surface area (Å²) in [5.41, 5.74) is 14.6. The summed E-state index contributed by atoms with van der Waals surface area (Å²) in [4.78, 5) is 0. The van der Waals surface area contributed by atoms with Gasteiger partial charge in [-0.2, -0.15) is 0 Å².